The van der Waals surface area contributed by atoms with Crippen LogP contribution in [0.4, 0.5) is 4.39 Å². The number of nitrogens with zero attached hydrogens (tertiary/aromatic N) is 1. The van der Waals surface area contributed by atoms with Gasteiger partial charge in [0.25, 0.3) is 0 Å². The fourth-order valence-corrected chi connectivity index (χ4v) is 4.86. The zero-order valence-electron chi connectivity index (χ0n) is 14.0. The fourth-order valence-electron chi connectivity index (χ4n) is 3.01. The van der Waals surface area contributed by atoms with Gasteiger partial charge in [0.05, 0.1) is 9.37 Å². The molecule has 1 fully saturated rings. The van der Waals surface area contributed by atoms with Crippen molar-refractivity contribution in [3.63, 3.8) is 0 Å². The van der Waals surface area contributed by atoms with Crippen molar-refractivity contribution in [3.8, 4) is 0 Å². The highest BCUT2D eigenvalue weighted by atomic mass is 79.9. The standard InChI is InChI=1S/C18H19BrClFN2O2S/c19-17-11-13(1-6-18(17)21)12-23-9-7-15(8-10-23)22-26(24,25)16-4-2-14(20)3-5-16/h1-6,11,15,22H,7-10,12H2. The number of sulfonamides is 1. The van der Waals surface area contributed by atoms with Gasteiger partial charge in [-0.25, -0.2) is 17.5 Å². The number of nitrogens with one attached hydrogen (secondary N) is 1. The van der Waals surface area contributed by atoms with Crippen LogP contribution in [0.25, 0.3) is 0 Å². The smallest absolute Gasteiger partial charge is 0.240 e. The van der Waals surface area contributed by atoms with E-state index in [0.29, 0.717) is 9.50 Å². The normalized spacial score (nSPS) is 16.7. The minimum Gasteiger partial charge on any atom is -0.299 e. The first-order valence-corrected chi connectivity index (χ1v) is 10.9. The van der Waals surface area contributed by atoms with Gasteiger partial charge in [-0.05, 0) is 70.7 Å². The Morgan fingerprint density at radius 2 is 1.81 bits per heavy atom. The molecule has 0 spiro atoms. The lowest BCUT2D eigenvalue weighted by Crippen LogP contribution is -2.44. The van der Waals surface area contributed by atoms with Crippen LogP contribution in [-0.4, -0.2) is 32.4 Å². The third kappa shape index (κ3) is 5.04. The van der Waals surface area contributed by atoms with E-state index in [1.54, 1.807) is 24.3 Å². The van der Waals surface area contributed by atoms with Crippen molar-refractivity contribution in [1.29, 1.82) is 0 Å². The average Bonchev–Trinajstić information content (AvgIpc) is 2.60. The second kappa shape index (κ2) is 8.35. The number of benzene rings is 2. The molecule has 1 aliphatic rings. The van der Waals surface area contributed by atoms with Crippen LogP contribution in [-0.2, 0) is 16.6 Å². The summed E-state index contributed by atoms with van der Waals surface area (Å²) in [6.45, 7) is 2.28. The second-order valence-electron chi connectivity index (χ2n) is 6.37. The van der Waals surface area contributed by atoms with Gasteiger partial charge in [0.1, 0.15) is 5.82 Å². The van der Waals surface area contributed by atoms with Gasteiger partial charge in [0, 0.05) is 30.7 Å². The molecule has 0 atom stereocenters. The Hall–Kier alpha value is -0.990. The molecule has 4 nitrogen and oxygen atoms in total. The van der Waals surface area contributed by atoms with Gasteiger partial charge >= 0.3 is 0 Å². The molecule has 3 rings (SSSR count). The van der Waals surface area contributed by atoms with Gasteiger partial charge in [0.15, 0.2) is 0 Å². The SMILES string of the molecule is O=S(=O)(NC1CCN(Cc2ccc(F)c(Br)c2)CC1)c1ccc(Cl)cc1. The van der Waals surface area contributed by atoms with E-state index in [9.17, 15) is 12.8 Å². The van der Waals surface area contributed by atoms with E-state index in [4.69, 9.17) is 11.6 Å². The quantitative estimate of drug-likeness (QED) is 0.726. The minimum absolute atomic E-state index is 0.0909. The second-order valence-corrected chi connectivity index (χ2v) is 9.38. The van der Waals surface area contributed by atoms with E-state index >= 15 is 0 Å². The molecule has 0 bridgehead atoms. The molecule has 140 valence electrons. The maximum absolute atomic E-state index is 13.3. The molecule has 2 aromatic carbocycles. The van der Waals surface area contributed by atoms with Crippen LogP contribution in [0.15, 0.2) is 51.8 Å². The Kier molecular flexibility index (Phi) is 6.35. The predicted octanol–water partition coefficient (Wildman–Crippen LogP) is 4.18. The number of hydrogen-bond acceptors (Lipinski definition) is 3. The molecule has 2 aromatic rings. The van der Waals surface area contributed by atoms with E-state index < -0.39 is 10.0 Å². The van der Waals surface area contributed by atoms with E-state index in [0.717, 1.165) is 38.0 Å². The summed E-state index contributed by atoms with van der Waals surface area (Å²) in [6.07, 6.45) is 1.46. The highest BCUT2D eigenvalue weighted by Gasteiger charge is 2.24. The molecule has 0 unspecified atom stereocenters. The van der Waals surface area contributed by atoms with Gasteiger partial charge < -0.3 is 0 Å². The summed E-state index contributed by atoms with van der Waals surface area (Å²) in [7, 11) is -3.54. The molecule has 1 aliphatic heterocycles. The Labute approximate surface area is 166 Å². The van der Waals surface area contributed by atoms with Crippen molar-refractivity contribution in [3.05, 3.63) is 63.3 Å². The predicted molar refractivity (Wildman–Crippen MR) is 104 cm³/mol. The van der Waals surface area contributed by atoms with E-state index in [2.05, 4.69) is 25.6 Å². The molecule has 0 radical (unpaired) electrons. The maximum Gasteiger partial charge on any atom is 0.240 e. The summed E-state index contributed by atoms with van der Waals surface area (Å²) in [5.74, 6) is -0.274. The van der Waals surface area contributed by atoms with Crippen molar-refractivity contribution in [2.75, 3.05) is 13.1 Å². The lowest BCUT2D eigenvalue weighted by atomic mass is 10.1. The number of hydrogen-bond donors (Lipinski definition) is 1. The highest BCUT2D eigenvalue weighted by molar-refractivity contribution is 9.10. The van der Waals surface area contributed by atoms with E-state index in [1.165, 1.54) is 18.2 Å². The number of rotatable bonds is 5. The van der Waals surface area contributed by atoms with Gasteiger partial charge in [-0.1, -0.05) is 17.7 Å². The van der Waals surface area contributed by atoms with Crippen LogP contribution >= 0.6 is 27.5 Å². The van der Waals surface area contributed by atoms with Crippen LogP contribution in [0.3, 0.4) is 0 Å². The highest BCUT2D eigenvalue weighted by Crippen LogP contribution is 2.21. The van der Waals surface area contributed by atoms with Crippen LogP contribution in [0.2, 0.25) is 5.02 Å². The third-order valence-corrected chi connectivity index (χ3v) is 6.82. The lowest BCUT2D eigenvalue weighted by Gasteiger charge is -2.32. The zero-order valence-corrected chi connectivity index (χ0v) is 17.1. The molecule has 26 heavy (non-hydrogen) atoms. The summed E-state index contributed by atoms with van der Waals surface area (Å²) in [5.41, 5.74) is 1.03. The summed E-state index contributed by atoms with van der Waals surface area (Å²) >= 11 is 9.01. The molecule has 1 N–H and O–H groups in total. The molecular formula is C18H19BrClFN2O2S. The molecule has 0 aliphatic carbocycles. The molecule has 0 saturated carbocycles. The average molecular weight is 462 g/mol. The maximum atomic E-state index is 13.3. The van der Waals surface area contributed by atoms with Crippen LogP contribution in [0.5, 0.6) is 0 Å². The van der Waals surface area contributed by atoms with Gasteiger partial charge in [-0.2, -0.15) is 0 Å². The Bertz CT molecular complexity index is 869. The van der Waals surface area contributed by atoms with Crippen LogP contribution < -0.4 is 4.72 Å². The fraction of sp³-hybridized carbons (Fsp3) is 0.333. The summed E-state index contributed by atoms with van der Waals surface area (Å²) in [4.78, 5) is 2.47. The first-order valence-electron chi connectivity index (χ1n) is 8.28. The zero-order chi connectivity index (χ0) is 18.7. The Balaban J connectivity index is 1.55. The first-order chi connectivity index (χ1) is 12.3. The monoisotopic (exact) mass is 460 g/mol. The van der Waals surface area contributed by atoms with Gasteiger partial charge in [-0.15, -0.1) is 0 Å². The molecule has 8 heteroatoms. The van der Waals surface area contributed by atoms with Crippen molar-refractivity contribution >= 4 is 37.6 Å². The number of halogens is 3. The van der Waals surface area contributed by atoms with Crippen molar-refractivity contribution in [1.82, 2.24) is 9.62 Å². The molecule has 0 aromatic heterocycles. The van der Waals surface area contributed by atoms with E-state index in [-0.39, 0.29) is 16.8 Å². The first kappa shape index (κ1) is 19.8. The Morgan fingerprint density at radius 3 is 2.42 bits per heavy atom. The van der Waals surface area contributed by atoms with Crippen LogP contribution in [0, 0.1) is 5.82 Å². The topological polar surface area (TPSA) is 49.4 Å². The summed E-state index contributed by atoms with van der Waals surface area (Å²) < 4.78 is 41.4. The van der Waals surface area contributed by atoms with Crippen LogP contribution in [0.1, 0.15) is 18.4 Å². The van der Waals surface area contributed by atoms with Crippen molar-refractivity contribution in [2.45, 2.75) is 30.3 Å². The third-order valence-electron chi connectivity index (χ3n) is 4.42. The Morgan fingerprint density at radius 1 is 1.15 bits per heavy atom. The van der Waals surface area contributed by atoms with E-state index in [1.807, 2.05) is 0 Å². The van der Waals surface area contributed by atoms with Gasteiger partial charge in [-0.3, -0.25) is 4.90 Å². The van der Waals surface area contributed by atoms with Gasteiger partial charge in [0.2, 0.25) is 10.0 Å². The molecule has 0 amide bonds. The minimum atomic E-state index is -3.54. The molecule has 1 saturated heterocycles. The largest absolute Gasteiger partial charge is 0.299 e. The summed E-state index contributed by atoms with van der Waals surface area (Å²) in [6, 6.07) is 11.1. The van der Waals surface area contributed by atoms with Crippen molar-refractivity contribution in [2.24, 2.45) is 0 Å². The lowest BCUT2D eigenvalue weighted by molar-refractivity contribution is 0.200. The van der Waals surface area contributed by atoms with Crippen molar-refractivity contribution < 1.29 is 12.8 Å². The summed E-state index contributed by atoms with van der Waals surface area (Å²) in [5, 5.41) is 0.504. The number of piperidine rings is 1. The molecule has 1 heterocycles. The molecular weight excluding hydrogens is 443 g/mol. The number of likely N-dealkylation sites (tertiary alicyclic amines) is 1.